The van der Waals surface area contributed by atoms with Gasteiger partial charge in [0.05, 0.1) is 12.0 Å². The largest absolute Gasteiger partial charge is 0.462 e. The highest BCUT2D eigenvalue weighted by molar-refractivity contribution is 5.76. The minimum absolute atomic E-state index is 0.115. The first-order chi connectivity index (χ1) is 14.1. The van der Waals surface area contributed by atoms with Gasteiger partial charge in [0.25, 0.3) is 0 Å². The average Bonchev–Trinajstić information content (AvgIpc) is 2.75. The smallest absolute Gasteiger partial charge is 0.312 e. The summed E-state index contributed by atoms with van der Waals surface area (Å²) in [6.07, 6.45) is 20.0. The van der Waals surface area contributed by atoms with Gasteiger partial charge in [-0.3, -0.25) is 4.79 Å². The summed E-state index contributed by atoms with van der Waals surface area (Å²) in [7, 11) is 0. The Kier molecular flexibility index (Phi) is 19.0. The van der Waals surface area contributed by atoms with Crippen molar-refractivity contribution in [1.82, 2.24) is 0 Å². The van der Waals surface area contributed by atoms with Gasteiger partial charge in [0, 0.05) is 0 Å². The van der Waals surface area contributed by atoms with Crippen molar-refractivity contribution >= 4 is 5.97 Å². The molecule has 0 aliphatic carbocycles. The number of hydrogen-bond acceptors (Lipinski definition) is 4. The van der Waals surface area contributed by atoms with Gasteiger partial charge >= 0.3 is 5.97 Å². The van der Waals surface area contributed by atoms with E-state index in [-0.39, 0.29) is 19.2 Å². The molecule has 29 heavy (non-hydrogen) atoms. The first kappa shape index (κ1) is 28.4. The lowest BCUT2D eigenvalue weighted by atomic mass is 9.77. The van der Waals surface area contributed by atoms with E-state index < -0.39 is 11.5 Å². The molecular formula is C25H50O4. The Morgan fingerprint density at radius 3 is 1.55 bits per heavy atom. The Morgan fingerprint density at radius 2 is 1.17 bits per heavy atom. The molecule has 0 rings (SSSR count). The van der Waals surface area contributed by atoms with Gasteiger partial charge in [-0.15, -0.1) is 0 Å². The zero-order valence-corrected chi connectivity index (χ0v) is 19.7. The molecule has 0 amide bonds. The van der Waals surface area contributed by atoms with Crippen LogP contribution in [0.2, 0.25) is 0 Å². The fraction of sp³-hybridized carbons (Fsp3) is 0.960. The third kappa shape index (κ3) is 14.1. The molecule has 0 spiro atoms. The van der Waals surface area contributed by atoms with Gasteiger partial charge in [-0.2, -0.15) is 0 Å². The van der Waals surface area contributed by atoms with Crippen molar-refractivity contribution in [3.8, 4) is 0 Å². The summed E-state index contributed by atoms with van der Waals surface area (Å²) in [5.74, 6) is -0.218. The Labute approximate surface area is 180 Å². The van der Waals surface area contributed by atoms with Crippen LogP contribution in [0.3, 0.4) is 0 Å². The molecule has 0 bridgehead atoms. The van der Waals surface area contributed by atoms with E-state index in [0.717, 1.165) is 25.7 Å². The molecule has 4 nitrogen and oxygen atoms in total. The van der Waals surface area contributed by atoms with E-state index in [1.165, 1.54) is 83.5 Å². The van der Waals surface area contributed by atoms with Crippen LogP contribution >= 0.6 is 0 Å². The van der Waals surface area contributed by atoms with Crippen LogP contribution in [0.15, 0.2) is 0 Å². The third-order valence-electron chi connectivity index (χ3n) is 6.41. The Bertz CT molecular complexity index is 366. The normalized spacial score (nSPS) is 12.9. The van der Waals surface area contributed by atoms with Crippen LogP contribution in [0.25, 0.3) is 0 Å². The summed E-state index contributed by atoms with van der Waals surface area (Å²) in [6, 6.07) is 0. The van der Waals surface area contributed by atoms with Gasteiger partial charge in [0.1, 0.15) is 12.7 Å². The Balaban J connectivity index is 3.75. The summed E-state index contributed by atoms with van der Waals surface area (Å²) in [5, 5.41) is 18.3. The number of carbonyl (C=O) groups excluding carboxylic acids is 1. The highest BCUT2D eigenvalue weighted by Gasteiger charge is 2.36. The van der Waals surface area contributed by atoms with Gasteiger partial charge in [0.15, 0.2) is 0 Å². The number of esters is 1. The van der Waals surface area contributed by atoms with Crippen molar-refractivity contribution in [2.75, 3.05) is 13.2 Å². The van der Waals surface area contributed by atoms with E-state index in [0.29, 0.717) is 0 Å². The zero-order valence-electron chi connectivity index (χ0n) is 19.7. The van der Waals surface area contributed by atoms with Crippen LogP contribution in [0.1, 0.15) is 130 Å². The number of aliphatic hydroxyl groups is 2. The van der Waals surface area contributed by atoms with Crippen molar-refractivity contribution in [2.24, 2.45) is 5.41 Å². The van der Waals surface area contributed by atoms with E-state index >= 15 is 0 Å². The van der Waals surface area contributed by atoms with Crippen molar-refractivity contribution in [2.45, 2.75) is 136 Å². The maximum atomic E-state index is 12.5. The highest BCUT2D eigenvalue weighted by Crippen LogP contribution is 2.34. The molecule has 0 aromatic rings. The molecule has 1 atom stereocenters. The summed E-state index contributed by atoms with van der Waals surface area (Å²) in [5.41, 5.74) is -0.438. The summed E-state index contributed by atoms with van der Waals surface area (Å²) >= 11 is 0. The van der Waals surface area contributed by atoms with Crippen molar-refractivity contribution < 1.29 is 19.7 Å². The highest BCUT2D eigenvalue weighted by atomic mass is 16.5. The zero-order chi connectivity index (χ0) is 21.8. The lowest BCUT2D eigenvalue weighted by molar-refractivity contribution is -0.160. The topological polar surface area (TPSA) is 66.8 Å². The fourth-order valence-corrected chi connectivity index (χ4v) is 4.03. The minimum atomic E-state index is -0.980. The second-order valence-corrected chi connectivity index (χ2v) is 8.77. The van der Waals surface area contributed by atoms with Gasteiger partial charge in [-0.25, -0.2) is 0 Å². The van der Waals surface area contributed by atoms with Gasteiger partial charge in [-0.1, -0.05) is 111 Å². The molecule has 0 aliphatic heterocycles. The number of carbonyl (C=O) groups is 1. The second-order valence-electron chi connectivity index (χ2n) is 8.77. The Morgan fingerprint density at radius 1 is 0.759 bits per heavy atom. The number of rotatable bonds is 21. The SMILES string of the molecule is CCCCCCCCCCCCCCCCC(CC)(CC)C(=O)OCC(O)CO. The summed E-state index contributed by atoms with van der Waals surface area (Å²) < 4.78 is 5.26. The number of ether oxygens (including phenoxy) is 1. The van der Waals surface area contributed by atoms with E-state index in [1.54, 1.807) is 0 Å². The number of hydrogen-bond donors (Lipinski definition) is 2. The molecule has 0 aromatic heterocycles. The molecule has 0 saturated heterocycles. The minimum Gasteiger partial charge on any atom is -0.462 e. The predicted molar refractivity (Wildman–Crippen MR) is 122 cm³/mol. The van der Waals surface area contributed by atoms with Gasteiger partial charge < -0.3 is 14.9 Å². The van der Waals surface area contributed by atoms with Crippen LogP contribution in [-0.4, -0.2) is 35.5 Å². The number of aliphatic hydroxyl groups excluding tert-OH is 2. The molecule has 0 aliphatic rings. The molecule has 1 unspecified atom stereocenters. The van der Waals surface area contributed by atoms with E-state index in [4.69, 9.17) is 9.84 Å². The molecule has 0 aromatic carbocycles. The average molecular weight is 415 g/mol. The van der Waals surface area contributed by atoms with Crippen molar-refractivity contribution in [1.29, 1.82) is 0 Å². The van der Waals surface area contributed by atoms with Crippen LogP contribution in [0.4, 0.5) is 0 Å². The predicted octanol–water partition coefficient (Wildman–Crippen LogP) is 6.56. The maximum Gasteiger partial charge on any atom is 0.312 e. The van der Waals surface area contributed by atoms with Crippen LogP contribution in [-0.2, 0) is 9.53 Å². The fourth-order valence-electron chi connectivity index (χ4n) is 4.03. The summed E-state index contributed by atoms with van der Waals surface area (Å²) in [6.45, 7) is 5.85. The molecular weight excluding hydrogens is 364 g/mol. The molecule has 0 fully saturated rings. The lowest BCUT2D eigenvalue weighted by Gasteiger charge is -2.29. The van der Waals surface area contributed by atoms with E-state index in [1.807, 2.05) is 13.8 Å². The number of unbranched alkanes of at least 4 members (excludes halogenated alkanes) is 13. The van der Waals surface area contributed by atoms with Gasteiger partial charge in [0.2, 0.25) is 0 Å². The molecule has 4 heteroatoms. The Hall–Kier alpha value is -0.610. The monoisotopic (exact) mass is 414 g/mol. The van der Waals surface area contributed by atoms with Crippen LogP contribution in [0.5, 0.6) is 0 Å². The lowest BCUT2D eigenvalue weighted by Crippen LogP contribution is -2.34. The molecule has 174 valence electrons. The van der Waals surface area contributed by atoms with Crippen molar-refractivity contribution in [3.63, 3.8) is 0 Å². The van der Waals surface area contributed by atoms with Gasteiger partial charge in [-0.05, 0) is 19.3 Å². The quantitative estimate of drug-likeness (QED) is 0.165. The molecule has 0 radical (unpaired) electrons. The van der Waals surface area contributed by atoms with Crippen molar-refractivity contribution in [3.05, 3.63) is 0 Å². The molecule has 2 N–H and O–H groups in total. The maximum absolute atomic E-state index is 12.5. The first-order valence-corrected chi connectivity index (χ1v) is 12.5. The second kappa shape index (κ2) is 19.4. The molecule has 0 saturated carbocycles. The first-order valence-electron chi connectivity index (χ1n) is 12.5. The van der Waals surface area contributed by atoms with Crippen LogP contribution in [0, 0.1) is 5.41 Å². The molecule has 0 heterocycles. The standard InChI is InChI=1S/C25H50O4/c1-4-7-8-9-10-11-12-13-14-15-16-17-18-19-20-25(5-2,6-3)24(28)29-22-23(27)21-26/h23,26-27H,4-22H2,1-3H3. The van der Waals surface area contributed by atoms with Crippen LogP contribution < -0.4 is 0 Å². The summed E-state index contributed by atoms with van der Waals surface area (Å²) in [4.78, 5) is 12.5. The third-order valence-corrected chi connectivity index (χ3v) is 6.41. The van der Waals surface area contributed by atoms with E-state index in [9.17, 15) is 9.90 Å². The van der Waals surface area contributed by atoms with E-state index in [2.05, 4.69) is 6.92 Å².